The molecular weight excluding hydrogens is 222 g/mol. The van der Waals surface area contributed by atoms with Gasteiger partial charge in [0.1, 0.15) is 6.04 Å². The number of ether oxygens (including phenoxy) is 1. The maximum absolute atomic E-state index is 12.2. The van der Waals surface area contributed by atoms with Gasteiger partial charge >= 0.3 is 0 Å². The van der Waals surface area contributed by atoms with Gasteiger partial charge in [-0.05, 0) is 13.8 Å². The lowest BCUT2D eigenvalue weighted by Crippen LogP contribution is -2.60. The topological polar surface area (TPSA) is 70.7 Å². The third-order valence-corrected chi connectivity index (χ3v) is 2.87. The Hall–Kier alpha value is -1.14. The molecule has 0 bridgehead atoms. The molecule has 0 aromatic carbocycles. The molecule has 2 amide bonds. The second kappa shape index (κ2) is 6.56. The van der Waals surface area contributed by atoms with Gasteiger partial charge in [-0.25, -0.2) is 0 Å². The Morgan fingerprint density at radius 3 is 2.82 bits per heavy atom. The van der Waals surface area contributed by atoms with Gasteiger partial charge in [-0.1, -0.05) is 0 Å². The van der Waals surface area contributed by atoms with Crippen molar-refractivity contribution in [2.24, 2.45) is 0 Å². The van der Waals surface area contributed by atoms with E-state index >= 15 is 0 Å². The maximum atomic E-state index is 12.2. The van der Waals surface area contributed by atoms with Crippen LogP contribution < -0.4 is 10.6 Å². The number of hydrogen-bond donors (Lipinski definition) is 2. The van der Waals surface area contributed by atoms with E-state index in [0.717, 1.165) is 0 Å². The first-order valence-corrected chi connectivity index (χ1v) is 5.89. The van der Waals surface area contributed by atoms with Crippen molar-refractivity contribution >= 4 is 11.8 Å². The van der Waals surface area contributed by atoms with E-state index in [2.05, 4.69) is 10.6 Å². The summed E-state index contributed by atoms with van der Waals surface area (Å²) in [6.07, 6.45) is 0. The SMILES string of the molecule is CCN(C(=O)C1CNC(=O)CN1)C(C)COC. The smallest absolute Gasteiger partial charge is 0.241 e. The van der Waals surface area contributed by atoms with Crippen LogP contribution in [0.3, 0.4) is 0 Å². The Bertz CT molecular complexity index is 273. The van der Waals surface area contributed by atoms with Crippen molar-refractivity contribution < 1.29 is 14.3 Å². The number of carbonyl (C=O) groups is 2. The van der Waals surface area contributed by atoms with Crippen LogP contribution in [0.1, 0.15) is 13.8 Å². The first kappa shape index (κ1) is 13.9. The summed E-state index contributed by atoms with van der Waals surface area (Å²) >= 11 is 0. The van der Waals surface area contributed by atoms with Crippen molar-refractivity contribution in [3.63, 3.8) is 0 Å². The molecule has 1 rings (SSSR count). The van der Waals surface area contributed by atoms with Gasteiger partial charge in [-0.3, -0.25) is 14.9 Å². The lowest BCUT2D eigenvalue weighted by Gasteiger charge is -2.33. The minimum absolute atomic E-state index is 0.0112. The molecule has 0 spiro atoms. The van der Waals surface area contributed by atoms with E-state index in [9.17, 15) is 9.59 Å². The molecule has 0 saturated carbocycles. The van der Waals surface area contributed by atoms with E-state index < -0.39 is 0 Å². The Kier molecular flexibility index (Phi) is 5.37. The average Bonchev–Trinajstić information content (AvgIpc) is 2.31. The van der Waals surface area contributed by atoms with Crippen LogP contribution in [0.15, 0.2) is 0 Å². The minimum atomic E-state index is -0.327. The van der Waals surface area contributed by atoms with Crippen molar-refractivity contribution in [2.45, 2.75) is 25.9 Å². The number of rotatable bonds is 5. The molecule has 1 fully saturated rings. The van der Waals surface area contributed by atoms with Gasteiger partial charge in [0, 0.05) is 20.2 Å². The van der Waals surface area contributed by atoms with Crippen molar-refractivity contribution in [1.82, 2.24) is 15.5 Å². The van der Waals surface area contributed by atoms with E-state index in [1.54, 1.807) is 12.0 Å². The molecule has 1 aliphatic rings. The van der Waals surface area contributed by atoms with Crippen molar-refractivity contribution in [3.05, 3.63) is 0 Å². The zero-order chi connectivity index (χ0) is 12.8. The zero-order valence-corrected chi connectivity index (χ0v) is 10.7. The molecule has 98 valence electrons. The number of amides is 2. The Labute approximate surface area is 102 Å². The number of carbonyl (C=O) groups excluding carboxylic acids is 2. The summed E-state index contributed by atoms with van der Waals surface area (Å²) in [7, 11) is 1.62. The fourth-order valence-electron chi connectivity index (χ4n) is 1.96. The molecule has 1 saturated heterocycles. The molecule has 17 heavy (non-hydrogen) atoms. The van der Waals surface area contributed by atoms with Crippen LogP contribution in [0, 0.1) is 0 Å². The minimum Gasteiger partial charge on any atom is -0.383 e. The largest absolute Gasteiger partial charge is 0.383 e. The van der Waals surface area contributed by atoms with Crippen LogP contribution in [0.5, 0.6) is 0 Å². The van der Waals surface area contributed by atoms with Crippen LogP contribution in [-0.2, 0) is 14.3 Å². The average molecular weight is 243 g/mol. The van der Waals surface area contributed by atoms with E-state index in [0.29, 0.717) is 19.7 Å². The highest BCUT2D eigenvalue weighted by atomic mass is 16.5. The summed E-state index contributed by atoms with van der Waals surface area (Å²) in [5.74, 6) is -0.0564. The Balaban J connectivity index is 2.56. The Morgan fingerprint density at radius 2 is 2.35 bits per heavy atom. The van der Waals surface area contributed by atoms with Gasteiger partial charge in [0.2, 0.25) is 11.8 Å². The van der Waals surface area contributed by atoms with Crippen LogP contribution >= 0.6 is 0 Å². The van der Waals surface area contributed by atoms with Crippen LogP contribution in [0.2, 0.25) is 0 Å². The lowest BCUT2D eigenvalue weighted by atomic mass is 10.1. The summed E-state index contributed by atoms with van der Waals surface area (Å²) in [4.78, 5) is 25.0. The van der Waals surface area contributed by atoms with E-state index in [-0.39, 0.29) is 30.4 Å². The van der Waals surface area contributed by atoms with Crippen molar-refractivity contribution in [2.75, 3.05) is 33.4 Å². The molecule has 0 aromatic rings. The maximum Gasteiger partial charge on any atom is 0.241 e. The molecule has 2 N–H and O–H groups in total. The fraction of sp³-hybridized carbons (Fsp3) is 0.818. The third-order valence-electron chi connectivity index (χ3n) is 2.87. The number of nitrogens with one attached hydrogen (secondary N) is 2. The van der Waals surface area contributed by atoms with E-state index in [1.807, 2.05) is 13.8 Å². The van der Waals surface area contributed by atoms with Gasteiger partial charge in [0.05, 0.1) is 19.2 Å². The molecular formula is C11H21N3O3. The highest BCUT2D eigenvalue weighted by Crippen LogP contribution is 2.04. The fourth-order valence-corrected chi connectivity index (χ4v) is 1.96. The van der Waals surface area contributed by atoms with Gasteiger partial charge in [0.25, 0.3) is 0 Å². The van der Waals surface area contributed by atoms with Crippen molar-refractivity contribution in [3.8, 4) is 0 Å². The molecule has 2 unspecified atom stereocenters. The monoisotopic (exact) mass is 243 g/mol. The molecule has 0 aromatic heterocycles. The predicted octanol–water partition coefficient (Wildman–Crippen LogP) is -1.04. The first-order chi connectivity index (χ1) is 8.10. The quantitative estimate of drug-likeness (QED) is 0.647. The van der Waals surface area contributed by atoms with Crippen LogP contribution in [0.25, 0.3) is 0 Å². The van der Waals surface area contributed by atoms with Gasteiger partial charge in [0.15, 0.2) is 0 Å². The molecule has 0 radical (unpaired) electrons. The summed E-state index contributed by atoms with van der Waals surface area (Å²) in [5, 5.41) is 5.62. The lowest BCUT2D eigenvalue weighted by molar-refractivity contribution is -0.137. The number of methoxy groups -OCH3 is 1. The zero-order valence-electron chi connectivity index (χ0n) is 10.7. The summed E-state index contributed by atoms with van der Waals surface area (Å²) in [6.45, 7) is 5.59. The van der Waals surface area contributed by atoms with E-state index in [4.69, 9.17) is 4.74 Å². The third kappa shape index (κ3) is 3.67. The highest BCUT2D eigenvalue weighted by Gasteiger charge is 2.29. The second-order valence-corrected chi connectivity index (χ2v) is 4.17. The van der Waals surface area contributed by atoms with Crippen LogP contribution in [-0.4, -0.2) is 62.1 Å². The first-order valence-electron chi connectivity index (χ1n) is 5.89. The molecule has 2 atom stereocenters. The highest BCUT2D eigenvalue weighted by molar-refractivity contribution is 5.87. The predicted molar refractivity (Wildman–Crippen MR) is 63.5 cm³/mol. The number of likely N-dealkylation sites (N-methyl/N-ethyl adjacent to an activating group) is 1. The molecule has 0 aliphatic carbocycles. The number of nitrogens with zero attached hydrogens (tertiary/aromatic N) is 1. The molecule has 6 heteroatoms. The summed E-state index contributed by atoms with van der Waals surface area (Å²) < 4.78 is 5.06. The van der Waals surface area contributed by atoms with E-state index in [1.165, 1.54) is 0 Å². The molecule has 1 aliphatic heterocycles. The number of hydrogen-bond acceptors (Lipinski definition) is 4. The number of piperazine rings is 1. The molecule has 6 nitrogen and oxygen atoms in total. The standard InChI is InChI=1S/C11H21N3O3/c1-4-14(8(2)7-17-3)11(16)9-5-13-10(15)6-12-9/h8-9,12H,4-7H2,1-3H3,(H,13,15). The van der Waals surface area contributed by atoms with Gasteiger partial charge in [-0.15, -0.1) is 0 Å². The second-order valence-electron chi connectivity index (χ2n) is 4.17. The summed E-state index contributed by atoms with van der Waals surface area (Å²) in [5.41, 5.74) is 0. The van der Waals surface area contributed by atoms with Crippen LogP contribution in [0.4, 0.5) is 0 Å². The molecule has 1 heterocycles. The van der Waals surface area contributed by atoms with Gasteiger partial charge in [-0.2, -0.15) is 0 Å². The van der Waals surface area contributed by atoms with Crippen molar-refractivity contribution in [1.29, 1.82) is 0 Å². The van der Waals surface area contributed by atoms with Gasteiger partial charge < -0.3 is 15.0 Å². The Morgan fingerprint density at radius 1 is 1.65 bits per heavy atom. The summed E-state index contributed by atoms with van der Waals surface area (Å²) in [6, 6.07) is -0.288. The normalized spacial score (nSPS) is 21.8.